The first-order valence-corrected chi connectivity index (χ1v) is 7.86. The summed E-state index contributed by atoms with van der Waals surface area (Å²) >= 11 is 0. The first kappa shape index (κ1) is 13.5. The summed E-state index contributed by atoms with van der Waals surface area (Å²) in [4.78, 5) is 11.6. The summed E-state index contributed by atoms with van der Waals surface area (Å²) < 4.78 is 5.02. The van der Waals surface area contributed by atoms with Crippen LogP contribution in [0.15, 0.2) is 42.5 Å². The molecule has 1 aliphatic heterocycles. The number of rotatable bonds is 3. The molecule has 1 N–H and O–H groups in total. The highest BCUT2D eigenvalue weighted by Gasteiger charge is 2.28. The summed E-state index contributed by atoms with van der Waals surface area (Å²) in [7, 11) is 0. The van der Waals surface area contributed by atoms with Crippen molar-refractivity contribution in [3.8, 4) is 11.1 Å². The van der Waals surface area contributed by atoms with E-state index in [1.165, 1.54) is 27.8 Å². The van der Waals surface area contributed by atoms with Gasteiger partial charge in [0.15, 0.2) is 0 Å². The summed E-state index contributed by atoms with van der Waals surface area (Å²) in [5, 5.41) is 3.38. The van der Waals surface area contributed by atoms with Crippen molar-refractivity contribution < 1.29 is 9.53 Å². The van der Waals surface area contributed by atoms with E-state index < -0.39 is 0 Å². The summed E-state index contributed by atoms with van der Waals surface area (Å²) in [5.41, 5.74) is 6.69. The zero-order valence-corrected chi connectivity index (χ0v) is 12.6. The van der Waals surface area contributed by atoms with Crippen LogP contribution in [0.2, 0.25) is 0 Å². The fourth-order valence-electron chi connectivity index (χ4n) is 3.48. The van der Waals surface area contributed by atoms with E-state index in [0.29, 0.717) is 6.61 Å². The monoisotopic (exact) mass is 293 g/mol. The van der Waals surface area contributed by atoms with Gasteiger partial charge in [0, 0.05) is 12.5 Å². The van der Waals surface area contributed by atoms with Crippen LogP contribution in [0.5, 0.6) is 0 Å². The zero-order chi connectivity index (χ0) is 15.1. The maximum atomic E-state index is 11.6. The zero-order valence-electron chi connectivity index (χ0n) is 12.6. The van der Waals surface area contributed by atoms with Gasteiger partial charge in [-0.2, -0.15) is 0 Å². The van der Waals surface area contributed by atoms with Gasteiger partial charge in [-0.1, -0.05) is 42.5 Å². The molecule has 2 atom stereocenters. The summed E-state index contributed by atoms with van der Waals surface area (Å²) in [6.45, 7) is 2.64. The molecule has 3 heteroatoms. The average molecular weight is 293 g/mol. The van der Waals surface area contributed by atoms with Crippen molar-refractivity contribution in [3.05, 3.63) is 59.2 Å². The Balaban J connectivity index is 1.57. The topological polar surface area (TPSA) is 38.3 Å². The molecular weight excluding hydrogens is 274 g/mol. The molecule has 2 aliphatic rings. The molecule has 1 saturated heterocycles. The van der Waals surface area contributed by atoms with E-state index in [1.54, 1.807) is 0 Å². The third-order valence-corrected chi connectivity index (χ3v) is 4.70. The maximum absolute atomic E-state index is 11.6. The lowest BCUT2D eigenvalue weighted by molar-refractivity contribution is -0.139. The van der Waals surface area contributed by atoms with Crippen LogP contribution >= 0.6 is 0 Å². The lowest BCUT2D eigenvalue weighted by Crippen LogP contribution is -2.35. The van der Waals surface area contributed by atoms with Crippen LogP contribution in [-0.4, -0.2) is 18.6 Å². The number of cyclic esters (lactones) is 1. The number of carbonyl (C=O) groups excluding carboxylic acids is 1. The Morgan fingerprint density at radius 1 is 1.14 bits per heavy atom. The number of carbonyl (C=O) groups is 1. The number of fused-ring (bicyclic) bond motifs is 3. The van der Waals surface area contributed by atoms with E-state index in [2.05, 4.69) is 54.7 Å². The Hall–Kier alpha value is -2.13. The molecule has 0 saturated carbocycles. The molecule has 0 amide bonds. The molecule has 2 aromatic carbocycles. The molecule has 1 aliphatic carbocycles. The van der Waals surface area contributed by atoms with Crippen molar-refractivity contribution in [2.75, 3.05) is 6.61 Å². The lowest BCUT2D eigenvalue weighted by Gasteiger charge is -2.18. The van der Waals surface area contributed by atoms with Gasteiger partial charge in [-0.15, -0.1) is 0 Å². The standard InChI is InChI=1S/C19H19NO2/c1-12(20-18-8-9-22-19(18)21)13-6-7-17-15(10-13)11-14-4-2-3-5-16(14)17/h2-7,10,12,18,20H,8-9,11H2,1H3. The normalized spacial score (nSPS) is 20.4. The van der Waals surface area contributed by atoms with Gasteiger partial charge in [0.1, 0.15) is 6.04 Å². The Labute approximate surface area is 130 Å². The highest BCUT2D eigenvalue weighted by Crippen LogP contribution is 2.37. The summed E-state index contributed by atoms with van der Waals surface area (Å²) in [6.07, 6.45) is 1.76. The number of hydrogen-bond acceptors (Lipinski definition) is 3. The Kier molecular flexibility index (Phi) is 3.23. The van der Waals surface area contributed by atoms with Crippen molar-refractivity contribution in [3.63, 3.8) is 0 Å². The van der Waals surface area contributed by atoms with Gasteiger partial charge in [-0.05, 0) is 41.2 Å². The molecule has 0 aromatic heterocycles. The van der Waals surface area contributed by atoms with Gasteiger partial charge in [0.05, 0.1) is 6.61 Å². The molecule has 4 rings (SSSR count). The summed E-state index contributed by atoms with van der Waals surface area (Å²) in [6, 6.07) is 15.2. The van der Waals surface area contributed by atoms with Crippen LogP contribution in [0.25, 0.3) is 11.1 Å². The van der Waals surface area contributed by atoms with Crippen molar-refractivity contribution in [2.24, 2.45) is 0 Å². The van der Waals surface area contributed by atoms with Crippen LogP contribution in [0.4, 0.5) is 0 Å². The van der Waals surface area contributed by atoms with Crippen LogP contribution in [0, 0.1) is 0 Å². The Morgan fingerprint density at radius 2 is 1.95 bits per heavy atom. The fraction of sp³-hybridized carbons (Fsp3) is 0.316. The van der Waals surface area contributed by atoms with E-state index in [1.807, 2.05) is 0 Å². The lowest BCUT2D eigenvalue weighted by atomic mass is 9.99. The Bertz CT molecular complexity index is 738. The SMILES string of the molecule is CC(NC1CCOC1=O)c1ccc2c(c1)Cc1ccccc1-2. The van der Waals surface area contributed by atoms with Gasteiger partial charge < -0.3 is 4.74 Å². The minimum Gasteiger partial charge on any atom is -0.464 e. The number of hydrogen-bond donors (Lipinski definition) is 1. The molecule has 0 radical (unpaired) electrons. The highest BCUT2D eigenvalue weighted by molar-refractivity contribution is 5.78. The van der Waals surface area contributed by atoms with Crippen molar-refractivity contribution >= 4 is 5.97 Å². The van der Waals surface area contributed by atoms with Crippen LogP contribution in [0.3, 0.4) is 0 Å². The number of esters is 1. The number of benzene rings is 2. The van der Waals surface area contributed by atoms with Gasteiger partial charge in [-0.25, -0.2) is 0 Å². The molecule has 1 fully saturated rings. The smallest absolute Gasteiger partial charge is 0.323 e. The molecule has 3 nitrogen and oxygen atoms in total. The second kappa shape index (κ2) is 5.25. The molecule has 2 unspecified atom stereocenters. The van der Waals surface area contributed by atoms with Crippen LogP contribution in [-0.2, 0) is 16.0 Å². The van der Waals surface area contributed by atoms with Gasteiger partial charge in [0.25, 0.3) is 0 Å². The first-order valence-electron chi connectivity index (χ1n) is 7.86. The third kappa shape index (κ3) is 2.22. The van der Waals surface area contributed by atoms with Crippen LogP contribution in [0.1, 0.15) is 36.1 Å². The fourth-order valence-corrected chi connectivity index (χ4v) is 3.48. The average Bonchev–Trinajstić information content (AvgIpc) is 3.10. The molecule has 0 bridgehead atoms. The number of nitrogens with one attached hydrogen (secondary N) is 1. The van der Waals surface area contributed by atoms with Gasteiger partial charge in [0.2, 0.25) is 0 Å². The molecule has 22 heavy (non-hydrogen) atoms. The quantitative estimate of drug-likeness (QED) is 0.754. The minimum absolute atomic E-state index is 0.125. The highest BCUT2D eigenvalue weighted by atomic mass is 16.5. The summed E-state index contributed by atoms with van der Waals surface area (Å²) in [5.74, 6) is -0.125. The van der Waals surface area contributed by atoms with E-state index in [0.717, 1.165) is 12.8 Å². The molecule has 2 aromatic rings. The van der Waals surface area contributed by atoms with Gasteiger partial charge in [-0.3, -0.25) is 10.1 Å². The molecular formula is C19H19NO2. The van der Waals surface area contributed by atoms with Crippen molar-refractivity contribution in [1.82, 2.24) is 5.32 Å². The molecule has 1 heterocycles. The predicted molar refractivity (Wildman–Crippen MR) is 85.6 cm³/mol. The van der Waals surface area contributed by atoms with Gasteiger partial charge >= 0.3 is 5.97 Å². The van der Waals surface area contributed by atoms with Crippen molar-refractivity contribution in [1.29, 1.82) is 0 Å². The van der Waals surface area contributed by atoms with E-state index in [9.17, 15) is 4.79 Å². The van der Waals surface area contributed by atoms with E-state index in [-0.39, 0.29) is 18.1 Å². The molecule has 112 valence electrons. The predicted octanol–water partition coefficient (Wildman–Crippen LogP) is 3.22. The number of ether oxygens (including phenoxy) is 1. The molecule has 0 spiro atoms. The van der Waals surface area contributed by atoms with Crippen LogP contribution < -0.4 is 5.32 Å². The first-order chi connectivity index (χ1) is 10.7. The minimum atomic E-state index is -0.166. The van der Waals surface area contributed by atoms with E-state index in [4.69, 9.17) is 4.74 Å². The van der Waals surface area contributed by atoms with Crippen molar-refractivity contribution in [2.45, 2.75) is 31.8 Å². The second-order valence-electron chi connectivity index (χ2n) is 6.15. The largest absolute Gasteiger partial charge is 0.464 e. The second-order valence-corrected chi connectivity index (χ2v) is 6.15. The Morgan fingerprint density at radius 3 is 2.77 bits per heavy atom. The maximum Gasteiger partial charge on any atom is 0.323 e. The third-order valence-electron chi connectivity index (χ3n) is 4.70. The van der Waals surface area contributed by atoms with E-state index >= 15 is 0 Å².